The number of carbonyl (C=O) groups excluding carboxylic acids is 1. The molecule has 1 aromatic rings. The van der Waals surface area contributed by atoms with Crippen LogP contribution in [0.5, 0.6) is 0 Å². The Labute approximate surface area is 145 Å². The molecular formula is C18H28N2O3S. The summed E-state index contributed by atoms with van der Waals surface area (Å²) in [6, 6.07) is 8.37. The number of piperidine rings is 1. The SMILES string of the molecule is CCc1ccc(CCC(=O)N2CCCC[C@H]2CNS(C)(=O)=O)cc1. The minimum Gasteiger partial charge on any atom is -0.338 e. The van der Waals surface area contributed by atoms with Crippen LogP contribution < -0.4 is 4.72 Å². The van der Waals surface area contributed by atoms with Gasteiger partial charge in [0.15, 0.2) is 0 Å². The van der Waals surface area contributed by atoms with Crippen LogP contribution in [0.15, 0.2) is 24.3 Å². The molecule has 1 N–H and O–H groups in total. The maximum atomic E-state index is 12.6. The lowest BCUT2D eigenvalue weighted by atomic mass is 10.0. The maximum Gasteiger partial charge on any atom is 0.223 e. The van der Waals surface area contributed by atoms with Crippen molar-refractivity contribution >= 4 is 15.9 Å². The second-order valence-corrected chi connectivity index (χ2v) is 8.36. The van der Waals surface area contributed by atoms with Crippen LogP contribution in [-0.2, 0) is 27.7 Å². The van der Waals surface area contributed by atoms with Crippen LogP contribution in [0, 0.1) is 0 Å². The zero-order chi connectivity index (χ0) is 17.6. The Balaban J connectivity index is 1.90. The Bertz CT molecular complexity index is 641. The first-order valence-electron chi connectivity index (χ1n) is 8.71. The molecule has 6 heteroatoms. The smallest absolute Gasteiger partial charge is 0.223 e. The molecule has 0 bridgehead atoms. The van der Waals surface area contributed by atoms with Gasteiger partial charge in [-0.15, -0.1) is 0 Å². The van der Waals surface area contributed by atoms with E-state index < -0.39 is 10.0 Å². The predicted molar refractivity (Wildman–Crippen MR) is 96.3 cm³/mol. The number of sulfonamides is 1. The molecule has 1 heterocycles. The van der Waals surface area contributed by atoms with Crippen molar-refractivity contribution in [2.45, 2.75) is 51.5 Å². The fourth-order valence-corrected chi connectivity index (χ4v) is 3.62. The van der Waals surface area contributed by atoms with Crippen LogP contribution in [0.3, 0.4) is 0 Å². The summed E-state index contributed by atoms with van der Waals surface area (Å²) in [5.74, 6) is 0.120. The predicted octanol–water partition coefficient (Wildman–Crippen LogP) is 2.11. The van der Waals surface area contributed by atoms with Gasteiger partial charge in [-0.1, -0.05) is 31.2 Å². The summed E-state index contributed by atoms with van der Waals surface area (Å²) in [6.07, 6.45) is 6.26. The van der Waals surface area contributed by atoms with Crippen molar-refractivity contribution < 1.29 is 13.2 Å². The van der Waals surface area contributed by atoms with Crippen LogP contribution in [0.25, 0.3) is 0 Å². The fraction of sp³-hybridized carbons (Fsp3) is 0.611. The number of nitrogens with zero attached hydrogens (tertiary/aromatic N) is 1. The first kappa shape index (κ1) is 18.9. The molecule has 0 saturated carbocycles. The average molecular weight is 352 g/mol. The molecule has 0 aromatic heterocycles. The molecule has 0 spiro atoms. The van der Waals surface area contributed by atoms with Crippen LogP contribution in [0.4, 0.5) is 0 Å². The molecule has 1 aliphatic rings. The molecule has 1 saturated heterocycles. The van der Waals surface area contributed by atoms with Gasteiger partial charge in [0.25, 0.3) is 0 Å². The van der Waals surface area contributed by atoms with Crippen molar-refractivity contribution in [3.05, 3.63) is 35.4 Å². The molecule has 1 aliphatic heterocycles. The van der Waals surface area contributed by atoms with E-state index in [0.717, 1.165) is 44.9 Å². The van der Waals surface area contributed by atoms with Crippen molar-refractivity contribution in [2.24, 2.45) is 0 Å². The molecule has 134 valence electrons. The van der Waals surface area contributed by atoms with Crippen molar-refractivity contribution in [3.63, 3.8) is 0 Å². The molecule has 1 amide bonds. The van der Waals surface area contributed by atoms with Crippen LogP contribution in [0.2, 0.25) is 0 Å². The summed E-state index contributed by atoms with van der Waals surface area (Å²) in [7, 11) is -3.22. The molecule has 2 rings (SSSR count). The largest absolute Gasteiger partial charge is 0.338 e. The zero-order valence-corrected chi connectivity index (χ0v) is 15.4. The first-order valence-corrected chi connectivity index (χ1v) is 10.6. The summed E-state index contributed by atoms with van der Waals surface area (Å²) in [6.45, 7) is 3.17. The Morgan fingerprint density at radius 3 is 2.50 bits per heavy atom. The third kappa shape index (κ3) is 5.91. The maximum absolute atomic E-state index is 12.6. The van der Waals surface area contributed by atoms with Crippen molar-refractivity contribution in [2.75, 3.05) is 19.3 Å². The highest BCUT2D eigenvalue weighted by Crippen LogP contribution is 2.18. The summed E-state index contributed by atoms with van der Waals surface area (Å²) < 4.78 is 25.1. The molecule has 1 aromatic carbocycles. The number of rotatable bonds is 7. The van der Waals surface area contributed by atoms with Gasteiger partial charge in [-0.3, -0.25) is 4.79 Å². The third-order valence-electron chi connectivity index (χ3n) is 4.59. The minimum absolute atomic E-state index is 0.0246. The monoisotopic (exact) mass is 352 g/mol. The summed E-state index contributed by atoms with van der Waals surface area (Å²) in [4.78, 5) is 14.4. The van der Waals surface area contributed by atoms with Crippen molar-refractivity contribution in [3.8, 4) is 0 Å². The third-order valence-corrected chi connectivity index (χ3v) is 5.28. The van der Waals surface area contributed by atoms with E-state index in [0.29, 0.717) is 13.0 Å². The second-order valence-electron chi connectivity index (χ2n) is 6.53. The number of aryl methyl sites for hydroxylation is 2. The highest BCUT2D eigenvalue weighted by molar-refractivity contribution is 7.88. The van der Waals surface area contributed by atoms with E-state index in [1.807, 2.05) is 4.90 Å². The number of nitrogens with one attached hydrogen (secondary N) is 1. The minimum atomic E-state index is -3.22. The van der Waals surface area contributed by atoms with E-state index in [9.17, 15) is 13.2 Å². The fourth-order valence-electron chi connectivity index (χ4n) is 3.13. The molecular weight excluding hydrogens is 324 g/mol. The van der Waals surface area contributed by atoms with Crippen LogP contribution in [-0.4, -0.2) is 44.6 Å². The lowest BCUT2D eigenvalue weighted by Gasteiger charge is -2.36. The first-order chi connectivity index (χ1) is 11.4. The van der Waals surface area contributed by atoms with Gasteiger partial charge >= 0.3 is 0 Å². The highest BCUT2D eigenvalue weighted by atomic mass is 32.2. The van der Waals surface area contributed by atoms with E-state index in [1.54, 1.807) is 0 Å². The lowest BCUT2D eigenvalue weighted by Crippen LogP contribution is -2.49. The molecule has 5 nitrogen and oxygen atoms in total. The van der Waals surface area contributed by atoms with Gasteiger partial charge in [0.1, 0.15) is 0 Å². The molecule has 0 unspecified atom stereocenters. The molecule has 1 atom stereocenters. The van der Waals surface area contributed by atoms with Crippen LogP contribution >= 0.6 is 0 Å². The Morgan fingerprint density at radius 1 is 1.21 bits per heavy atom. The zero-order valence-electron chi connectivity index (χ0n) is 14.6. The van der Waals surface area contributed by atoms with Crippen molar-refractivity contribution in [1.82, 2.24) is 9.62 Å². The van der Waals surface area contributed by atoms with Gasteiger partial charge < -0.3 is 4.90 Å². The second kappa shape index (κ2) is 8.62. The van der Waals surface area contributed by atoms with Gasteiger partial charge in [-0.05, 0) is 43.2 Å². The van der Waals surface area contributed by atoms with Gasteiger partial charge in [0, 0.05) is 25.6 Å². The molecule has 0 radical (unpaired) electrons. The Hall–Kier alpha value is -1.40. The van der Waals surface area contributed by atoms with Crippen LogP contribution in [0.1, 0.15) is 43.7 Å². The van der Waals surface area contributed by atoms with Gasteiger partial charge in [-0.25, -0.2) is 13.1 Å². The van der Waals surface area contributed by atoms with E-state index in [1.165, 1.54) is 11.1 Å². The summed E-state index contributed by atoms with van der Waals surface area (Å²) in [5.41, 5.74) is 2.47. The Kier molecular flexibility index (Phi) is 6.80. The van der Waals surface area contributed by atoms with E-state index in [4.69, 9.17) is 0 Å². The van der Waals surface area contributed by atoms with E-state index >= 15 is 0 Å². The standard InChI is InChI=1S/C18H28N2O3S/c1-3-15-7-9-16(10-8-15)11-12-18(21)20-13-5-4-6-17(20)14-19-24(2,22)23/h7-10,17,19H,3-6,11-14H2,1-2H3/t17-/m0/s1. The topological polar surface area (TPSA) is 66.5 Å². The van der Waals surface area contributed by atoms with Gasteiger partial charge in [0.05, 0.1) is 6.26 Å². The summed E-state index contributed by atoms with van der Waals surface area (Å²) >= 11 is 0. The number of carbonyl (C=O) groups is 1. The van der Waals surface area contributed by atoms with Crippen molar-refractivity contribution in [1.29, 1.82) is 0 Å². The Morgan fingerprint density at radius 2 is 1.88 bits per heavy atom. The highest BCUT2D eigenvalue weighted by Gasteiger charge is 2.26. The van der Waals surface area contributed by atoms with E-state index in [-0.39, 0.29) is 11.9 Å². The van der Waals surface area contributed by atoms with Gasteiger partial charge in [-0.2, -0.15) is 0 Å². The number of likely N-dealkylation sites (tertiary alicyclic amines) is 1. The van der Waals surface area contributed by atoms with Gasteiger partial charge in [0.2, 0.25) is 15.9 Å². The van der Waals surface area contributed by atoms with E-state index in [2.05, 4.69) is 35.9 Å². The number of hydrogen-bond acceptors (Lipinski definition) is 3. The quantitative estimate of drug-likeness (QED) is 0.817. The lowest BCUT2D eigenvalue weighted by molar-refractivity contribution is -0.134. The number of benzene rings is 1. The normalized spacial score (nSPS) is 18.6. The number of hydrogen-bond donors (Lipinski definition) is 1. The summed E-state index contributed by atoms with van der Waals surface area (Å²) in [5, 5.41) is 0. The number of amides is 1. The average Bonchev–Trinajstić information content (AvgIpc) is 2.58. The molecule has 24 heavy (non-hydrogen) atoms. The molecule has 0 aliphatic carbocycles. The molecule has 1 fully saturated rings.